The average Bonchev–Trinajstić information content (AvgIpc) is 2.18. The predicted molar refractivity (Wildman–Crippen MR) is 98.9 cm³/mol. The Kier molecular flexibility index (Phi) is 617. The maximum atomic E-state index is 3.74. The third-order valence-electron chi connectivity index (χ3n) is 0.949. The zero-order valence-corrected chi connectivity index (χ0v) is 24.7. The van der Waals surface area contributed by atoms with Crippen molar-refractivity contribution in [2.75, 3.05) is 40.8 Å². The van der Waals surface area contributed by atoms with Crippen LogP contribution in [0.1, 0.15) is 43.1 Å². The van der Waals surface area contributed by atoms with Crippen LogP contribution in [-0.2, 0) is 77.5 Å². The third-order valence-corrected chi connectivity index (χ3v) is 0.949. The van der Waals surface area contributed by atoms with Crippen molar-refractivity contribution < 1.29 is 77.5 Å². The van der Waals surface area contributed by atoms with Gasteiger partial charge in [0.2, 0.25) is 0 Å². The van der Waals surface area contributed by atoms with Gasteiger partial charge >= 0.3 is 0 Å². The Morgan fingerprint density at radius 3 is 0.524 bits per heavy atom. The fraction of sp³-hybridized carbons (Fsp3) is 0.800. The fourth-order valence-corrected chi connectivity index (χ4v) is 0. The molecule has 0 atom stereocenters. The van der Waals surface area contributed by atoms with Gasteiger partial charge < -0.3 is 38.2 Å². The summed E-state index contributed by atoms with van der Waals surface area (Å²) in [6.45, 7) is 8.88. The molecule has 0 aliphatic carbocycles. The molecular weight excluding hydrogens is 758 g/mol. The normalized spacial score (nSPS) is 4.29. The second-order valence-electron chi connectivity index (χ2n) is 1.90. The van der Waals surface area contributed by atoms with Gasteiger partial charge in [-0.05, 0) is 0 Å². The summed E-state index contributed by atoms with van der Waals surface area (Å²) in [5, 5.41) is 11.2. The summed E-state index contributed by atoms with van der Waals surface area (Å²) in [5.74, 6) is 0. The Bertz CT molecular complexity index is 39.6. The second kappa shape index (κ2) is 144. The molecule has 0 unspecified atom stereocenters. The molecule has 0 aliphatic heterocycles. The maximum Gasteiger partial charge on any atom is 0 e. The van der Waals surface area contributed by atoms with E-state index in [2.05, 4.69) is 16.0 Å². The van der Waals surface area contributed by atoms with E-state index in [1.807, 2.05) is 20.8 Å². The molecule has 0 spiro atoms. The molecule has 0 radical (unpaired) electrons. The second-order valence-corrected chi connectivity index (χ2v) is 1.90. The molecule has 21 heavy (non-hydrogen) atoms. The molecule has 0 rings (SSSR count). The molecule has 138 valence electrons. The molecule has 0 saturated carbocycles. The van der Waals surface area contributed by atoms with E-state index in [0.717, 1.165) is 19.6 Å². The Morgan fingerprint density at radius 1 is 0.476 bits per heavy atom. The molecular formula is C15H45Hf3N3-6. The van der Waals surface area contributed by atoms with Gasteiger partial charge in [-0.25, -0.2) is 0 Å². The zero-order valence-electron chi connectivity index (χ0n) is 14.0. The van der Waals surface area contributed by atoms with E-state index in [9.17, 15) is 0 Å². The minimum atomic E-state index is 0. The van der Waals surface area contributed by atoms with Gasteiger partial charge in [-0.15, -0.1) is 0 Å². The summed E-state index contributed by atoms with van der Waals surface area (Å²) in [4.78, 5) is 0. The molecule has 3 nitrogen and oxygen atoms in total. The molecule has 0 saturated heterocycles. The Morgan fingerprint density at radius 2 is 0.524 bits per heavy atom. The Hall–Kier alpha value is 2.49. The molecule has 6 heteroatoms. The van der Waals surface area contributed by atoms with Gasteiger partial charge in [0.1, 0.15) is 0 Å². The van der Waals surface area contributed by atoms with E-state index >= 15 is 0 Å². The summed E-state index contributed by atoms with van der Waals surface area (Å²) in [6, 6.07) is 0. The van der Waals surface area contributed by atoms with Gasteiger partial charge in [-0.1, -0.05) is 43.1 Å². The summed E-state index contributed by atoms with van der Waals surface area (Å²) >= 11 is 0. The van der Waals surface area contributed by atoms with Crippen molar-refractivity contribution in [2.24, 2.45) is 0 Å². The molecule has 0 aromatic carbocycles. The van der Waals surface area contributed by atoms with Crippen molar-refractivity contribution in [3.63, 3.8) is 0 Å². The first-order valence-electron chi connectivity index (χ1n) is 4.41. The van der Waals surface area contributed by atoms with Crippen molar-refractivity contribution >= 4 is 0 Å². The van der Waals surface area contributed by atoms with Crippen molar-refractivity contribution in [1.82, 2.24) is 0 Å². The standard InChI is InChI=1S/3C3H8N.3CH4.3CH3.3Hf/c3*1-3-4-2;;;;;;;;;/h3*3H2,1-2H3;3*1H4;3*1H3;;;/q3*-1;;;;3*-1;;;. The fourth-order valence-electron chi connectivity index (χ4n) is 0. The SMILES string of the molecule is C.C.C.CC[N-]C.CC[N-]C.CC[N-]C.[CH3-].[CH3-].[CH3-].[Hf].[Hf].[Hf]. The molecule has 0 N–H and O–H groups in total. The number of hydrogen-bond donors (Lipinski definition) is 0. The topological polar surface area (TPSA) is 42.3 Å². The van der Waals surface area contributed by atoms with Crippen LogP contribution in [0.15, 0.2) is 0 Å². The van der Waals surface area contributed by atoms with Crippen molar-refractivity contribution in [1.29, 1.82) is 0 Å². The van der Waals surface area contributed by atoms with Crippen LogP contribution in [0.25, 0.3) is 16.0 Å². The van der Waals surface area contributed by atoms with Gasteiger partial charge in [0.15, 0.2) is 0 Å². The van der Waals surface area contributed by atoms with E-state index in [1.54, 1.807) is 21.1 Å². The van der Waals surface area contributed by atoms with Crippen LogP contribution in [-0.4, -0.2) is 40.8 Å². The molecule has 0 amide bonds. The minimum Gasteiger partial charge on any atom is -0.665 e. The molecule has 0 bridgehead atoms. The first-order valence-corrected chi connectivity index (χ1v) is 4.41. The van der Waals surface area contributed by atoms with Crippen LogP contribution < -0.4 is 0 Å². The van der Waals surface area contributed by atoms with Gasteiger partial charge in [0.25, 0.3) is 0 Å². The number of hydrogen-bond acceptors (Lipinski definition) is 0. The largest absolute Gasteiger partial charge is 0.665 e. The van der Waals surface area contributed by atoms with Crippen LogP contribution in [0.5, 0.6) is 0 Å². The minimum absolute atomic E-state index is 0. The maximum absolute atomic E-state index is 3.74. The van der Waals surface area contributed by atoms with E-state index in [0.29, 0.717) is 0 Å². The van der Waals surface area contributed by atoms with Gasteiger partial charge in [0.05, 0.1) is 0 Å². The van der Waals surface area contributed by atoms with Crippen molar-refractivity contribution in [3.8, 4) is 0 Å². The quantitative estimate of drug-likeness (QED) is 0.239. The first kappa shape index (κ1) is 90.0. The zero-order chi connectivity index (χ0) is 10.2. The number of rotatable bonds is 3. The van der Waals surface area contributed by atoms with Crippen LogP contribution >= 0.6 is 0 Å². The van der Waals surface area contributed by atoms with E-state index in [4.69, 9.17) is 0 Å². The summed E-state index contributed by atoms with van der Waals surface area (Å²) in [7, 11) is 5.42. The molecule has 0 heterocycles. The van der Waals surface area contributed by atoms with Crippen LogP contribution in [0.4, 0.5) is 0 Å². The van der Waals surface area contributed by atoms with E-state index in [1.165, 1.54) is 0 Å². The first-order chi connectivity index (χ1) is 5.74. The third kappa shape index (κ3) is 313. The van der Waals surface area contributed by atoms with Crippen molar-refractivity contribution in [2.45, 2.75) is 43.1 Å². The van der Waals surface area contributed by atoms with Crippen LogP contribution in [0.2, 0.25) is 0 Å². The summed E-state index contributed by atoms with van der Waals surface area (Å²) < 4.78 is 0. The van der Waals surface area contributed by atoms with E-state index < -0.39 is 0 Å². The molecule has 0 aliphatic rings. The average molecular weight is 803 g/mol. The molecule has 0 aromatic heterocycles. The van der Waals surface area contributed by atoms with Gasteiger partial charge in [-0.3, -0.25) is 0 Å². The summed E-state index contributed by atoms with van der Waals surface area (Å²) in [6.07, 6.45) is 0. The number of nitrogens with zero attached hydrogens (tertiary/aromatic N) is 3. The Balaban J connectivity index is -0.00000000476. The monoisotopic (exact) mass is 807 g/mol. The van der Waals surface area contributed by atoms with Gasteiger partial charge in [0, 0.05) is 77.5 Å². The predicted octanol–water partition coefficient (Wildman–Crippen LogP) is 6.28. The van der Waals surface area contributed by atoms with Crippen molar-refractivity contribution in [3.05, 3.63) is 38.2 Å². The van der Waals surface area contributed by atoms with E-state index in [-0.39, 0.29) is 122 Å². The molecule has 0 aromatic rings. The van der Waals surface area contributed by atoms with Crippen LogP contribution in [0.3, 0.4) is 0 Å². The van der Waals surface area contributed by atoms with Crippen LogP contribution in [0, 0.1) is 22.3 Å². The van der Waals surface area contributed by atoms with Gasteiger partial charge in [-0.2, -0.15) is 40.8 Å². The smallest absolute Gasteiger partial charge is 0 e. The molecule has 0 fully saturated rings. The Labute approximate surface area is 197 Å². The summed E-state index contributed by atoms with van der Waals surface area (Å²) in [5.41, 5.74) is 0.